The van der Waals surface area contributed by atoms with Crippen LogP contribution in [0.5, 0.6) is 5.75 Å². The normalized spacial score (nSPS) is 25.7. The molecular formula is C25H37NO9. The van der Waals surface area contributed by atoms with E-state index < -0.39 is 42.1 Å². The maximum Gasteiger partial charge on any atom is 0.335 e. The zero-order valence-corrected chi connectivity index (χ0v) is 21.2. The number of hydrogen-bond acceptors (Lipinski definition) is 9. The molecule has 35 heavy (non-hydrogen) atoms. The second kappa shape index (κ2) is 10.9. The van der Waals surface area contributed by atoms with Crippen LogP contribution in [0, 0.1) is 5.41 Å². The van der Waals surface area contributed by atoms with Crippen molar-refractivity contribution in [1.82, 2.24) is 0 Å². The summed E-state index contributed by atoms with van der Waals surface area (Å²) < 4.78 is 16.3. The van der Waals surface area contributed by atoms with Gasteiger partial charge in [-0.3, -0.25) is 4.79 Å². The highest BCUT2D eigenvalue weighted by Gasteiger charge is 2.48. The van der Waals surface area contributed by atoms with Crippen LogP contribution in [0.4, 0.5) is 5.69 Å². The van der Waals surface area contributed by atoms with Crippen LogP contribution in [0.2, 0.25) is 0 Å². The first-order valence-corrected chi connectivity index (χ1v) is 11.4. The van der Waals surface area contributed by atoms with Crippen LogP contribution >= 0.6 is 0 Å². The Balaban J connectivity index is 2.29. The summed E-state index contributed by atoms with van der Waals surface area (Å²) in [5.41, 5.74) is 1.19. The van der Waals surface area contributed by atoms with Gasteiger partial charge in [0.2, 0.25) is 6.29 Å². The van der Waals surface area contributed by atoms with Crippen molar-refractivity contribution >= 4 is 23.2 Å². The molecule has 10 nitrogen and oxygen atoms in total. The number of rotatable bonds is 7. The van der Waals surface area contributed by atoms with Gasteiger partial charge in [-0.1, -0.05) is 6.07 Å². The average Bonchev–Trinajstić information content (AvgIpc) is 2.72. The molecule has 5 atom stereocenters. The second-order valence-electron chi connectivity index (χ2n) is 10.7. The van der Waals surface area contributed by atoms with Crippen molar-refractivity contribution in [2.45, 2.75) is 84.7 Å². The molecule has 1 aromatic rings. The van der Waals surface area contributed by atoms with Crippen LogP contribution in [0.1, 0.15) is 54.0 Å². The fraction of sp³-hybridized carbons (Fsp3) is 0.600. The fourth-order valence-corrected chi connectivity index (χ4v) is 3.23. The Bertz CT molecular complexity index is 945. The largest absolute Gasteiger partial charge is 0.479 e. The summed E-state index contributed by atoms with van der Waals surface area (Å²) in [6.45, 7) is 13.1. The quantitative estimate of drug-likeness (QED) is 0.355. The third kappa shape index (κ3) is 7.66. The van der Waals surface area contributed by atoms with E-state index in [-0.39, 0.29) is 23.9 Å². The smallest absolute Gasteiger partial charge is 0.335 e. The van der Waals surface area contributed by atoms with Gasteiger partial charge in [0.05, 0.1) is 11.1 Å². The molecule has 0 aliphatic carbocycles. The molecule has 2 rings (SSSR count). The van der Waals surface area contributed by atoms with Gasteiger partial charge in [-0.05, 0) is 77.8 Å². The number of nitrogens with one attached hydrogen (secondary N) is 1. The third-order valence-electron chi connectivity index (χ3n) is 5.22. The molecule has 5 N–H and O–H groups in total. The SMILES string of the molecule is C/C(=C\COC(=O)C(C)(C)C)c1ccc(O[C@@H]2O[C@H](C(=O)O)[C@@H](O)[C@H](O)[C@H]2O)c(NC(C)(C)C)c1. The molecule has 0 saturated carbocycles. The topological polar surface area (TPSA) is 155 Å². The molecule has 0 unspecified atom stereocenters. The van der Waals surface area contributed by atoms with Gasteiger partial charge in [0.1, 0.15) is 30.7 Å². The summed E-state index contributed by atoms with van der Waals surface area (Å²) in [5.74, 6) is -1.56. The molecule has 1 heterocycles. The van der Waals surface area contributed by atoms with E-state index >= 15 is 0 Å². The number of carboxylic acids is 1. The van der Waals surface area contributed by atoms with Crippen molar-refractivity contribution in [3.63, 3.8) is 0 Å². The second-order valence-corrected chi connectivity index (χ2v) is 10.7. The van der Waals surface area contributed by atoms with E-state index in [1.54, 1.807) is 45.0 Å². The van der Waals surface area contributed by atoms with Gasteiger partial charge in [0.25, 0.3) is 0 Å². The summed E-state index contributed by atoms with van der Waals surface area (Å²) in [7, 11) is 0. The van der Waals surface area contributed by atoms with Gasteiger partial charge in [-0.15, -0.1) is 0 Å². The van der Waals surface area contributed by atoms with Crippen LogP contribution in [0.25, 0.3) is 5.57 Å². The van der Waals surface area contributed by atoms with Crippen molar-refractivity contribution in [3.8, 4) is 5.75 Å². The average molecular weight is 496 g/mol. The van der Waals surface area contributed by atoms with E-state index in [4.69, 9.17) is 14.2 Å². The van der Waals surface area contributed by atoms with E-state index in [9.17, 15) is 30.0 Å². The molecule has 1 saturated heterocycles. The van der Waals surface area contributed by atoms with Crippen molar-refractivity contribution in [2.75, 3.05) is 11.9 Å². The van der Waals surface area contributed by atoms with Crippen LogP contribution in [-0.4, -0.2) is 75.2 Å². The Labute approximate surface area is 205 Å². The first-order chi connectivity index (χ1) is 16.0. The highest BCUT2D eigenvalue weighted by Crippen LogP contribution is 2.34. The van der Waals surface area contributed by atoms with Crippen LogP contribution < -0.4 is 10.1 Å². The number of anilines is 1. The Morgan fingerprint density at radius 2 is 1.69 bits per heavy atom. The van der Waals surface area contributed by atoms with Crippen LogP contribution in [0.3, 0.4) is 0 Å². The summed E-state index contributed by atoms with van der Waals surface area (Å²) >= 11 is 0. The molecule has 1 aliphatic heterocycles. The first-order valence-electron chi connectivity index (χ1n) is 11.4. The van der Waals surface area contributed by atoms with Crippen LogP contribution in [-0.2, 0) is 19.1 Å². The molecule has 0 amide bonds. The van der Waals surface area contributed by atoms with Gasteiger partial charge >= 0.3 is 11.9 Å². The minimum atomic E-state index is -1.81. The van der Waals surface area contributed by atoms with Crippen LogP contribution in [0.15, 0.2) is 24.3 Å². The molecule has 0 aromatic heterocycles. The van der Waals surface area contributed by atoms with Gasteiger partial charge in [-0.2, -0.15) is 0 Å². The number of carboxylic acid groups (broad SMARTS) is 1. The zero-order chi connectivity index (χ0) is 26.7. The third-order valence-corrected chi connectivity index (χ3v) is 5.22. The van der Waals surface area contributed by atoms with E-state index in [0.29, 0.717) is 5.69 Å². The molecule has 1 aliphatic rings. The number of aliphatic hydroxyl groups is 3. The number of allylic oxidation sites excluding steroid dienone is 1. The Morgan fingerprint density at radius 1 is 1.06 bits per heavy atom. The van der Waals surface area contributed by atoms with Gasteiger partial charge in [0, 0.05) is 5.54 Å². The van der Waals surface area contributed by atoms with Gasteiger partial charge in [0.15, 0.2) is 6.10 Å². The Morgan fingerprint density at radius 3 is 2.23 bits per heavy atom. The number of esters is 1. The number of carbonyl (C=O) groups excluding carboxylic acids is 1. The lowest BCUT2D eigenvalue weighted by Crippen LogP contribution is -2.61. The maximum atomic E-state index is 12.0. The van der Waals surface area contributed by atoms with E-state index in [1.807, 2.05) is 27.7 Å². The summed E-state index contributed by atoms with van der Waals surface area (Å²) in [6.07, 6.45) is -6.77. The lowest BCUT2D eigenvalue weighted by Gasteiger charge is -2.38. The highest BCUT2D eigenvalue weighted by atomic mass is 16.7. The van der Waals surface area contributed by atoms with Crippen molar-refractivity contribution in [1.29, 1.82) is 0 Å². The predicted molar refractivity (Wildman–Crippen MR) is 129 cm³/mol. The maximum absolute atomic E-state index is 12.0. The van der Waals surface area contributed by atoms with Crippen molar-refractivity contribution in [2.24, 2.45) is 5.41 Å². The number of aliphatic hydroxyl groups excluding tert-OH is 3. The Kier molecular flexibility index (Phi) is 8.94. The summed E-state index contributed by atoms with van der Waals surface area (Å²) in [6, 6.07) is 5.16. The van der Waals surface area contributed by atoms with E-state index in [2.05, 4.69) is 5.32 Å². The lowest BCUT2D eigenvalue weighted by molar-refractivity contribution is -0.271. The number of ether oxygens (including phenoxy) is 3. The van der Waals surface area contributed by atoms with E-state index in [1.165, 1.54) is 0 Å². The number of aliphatic carboxylic acids is 1. The highest BCUT2D eigenvalue weighted by molar-refractivity contribution is 5.76. The Hall–Kier alpha value is -2.66. The number of hydrogen-bond donors (Lipinski definition) is 5. The first kappa shape index (κ1) is 28.6. The van der Waals surface area contributed by atoms with E-state index in [0.717, 1.165) is 11.1 Å². The molecular weight excluding hydrogens is 458 g/mol. The summed E-state index contributed by atoms with van der Waals surface area (Å²) in [4.78, 5) is 23.4. The molecule has 0 radical (unpaired) electrons. The molecule has 10 heteroatoms. The molecule has 0 spiro atoms. The van der Waals surface area contributed by atoms with Gasteiger partial charge in [-0.25, -0.2) is 4.79 Å². The monoisotopic (exact) mass is 495 g/mol. The predicted octanol–water partition coefficient (Wildman–Crippen LogP) is 2.16. The zero-order valence-electron chi connectivity index (χ0n) is 21.2. The minimum Gasteiger partial charge on any atom is -0.479 e. The lowest BCUT2D eigenvalue weighted by atomic mass is 9.97. The number of benzene rings is 1. The molecule has 0 bridgehead atoms. The molecule has 1 fully saturated rings. The fourth-order valence-electron chi connectivity index (χ4n) is 3.23. The number of carbonyl (C=O) groups is 2. The van der Waals surface area contributed by atoms with Crippen molar-refractivity contribution < 1.29 is 44.2 Å². The summed E-state index contributed by atoms with van der Waals surface area (Å²) in [5, 5.41) is 42.8. The molecule has 1 aromatic carbocycles. The minimum absolute atomic E-state index is 0.112. The molecule has 196 valence electrons. The van der Waals surface area contributed by atoms with Gasteiger partial charge < -0.3 is 40.0 Å². The standard InChI is InChI=1S/C25H37NO9/c1-13(10-11-33-23(32)24(2,3)4)14-8-9-16(15(12-14)26-25(5,6)7)34-22-19(29)17(27)18(28)20(35-22)21(30)31/h8-10,12,17-20,22,26-29H,11H2,1-7H3,(H,30,31)/b13-10+/t17-,18-,19+,20-,22+/m0/s1. The van der Waals surface area contributed by atoms with Crippen molar-refractivity contribution in [3.05, 3.63) is 29.8 Å².